The molecule has 10 heteroatoms. The lowest BCUT2D eigenvalue weighted by Crippen LogP contribution is -2.47. The molecule has 2 aliphatic heterocycles. The summed E-state index contributed by atoms with van der Waals surface area (Å²) in [6.07, 6.45) is 1.54. The molecule has 0 bridgehead atoms. The summed E-state index contributed by atoms with van der Waals surface area (Å²) < 4.78 is 26.1. The fraction of sp³-hybridized carbons (Fsp3) is 0.222. The van der Waals surface area contributed by atoms with Gasteiger partial charge in [0.25, 0.3) is 5.91 Å². The van der Waals surface area contributed by atoms with Crippen molar-refractivity contribution >= 4 is 39.8 Å². The molecular formula is C27H23ClFN5O3. The van der Waals surface area contributed by atoms with Gasteiger partial charge in [-0.2, -0.15) is 0 Å². The highest BCUT2D eigenvalue weighted by atomic mass is 35.5. The molecule has 0 unspecified atom stereocenters. The van der Waals surface area contributed by atoms with Crippen LogP contribution in [-0.4, -0.2) is 55.3 Å². The Hall–Kier alpha value is -3.95. The number of morpholine rings is 1. The second kappa shape index (κ2) is 9.84. The van der Waals surface area contributed by atoms with Crippen molar-refractivity contribution in [3.63, 3.8) is 0 Å². The number of halogens is 2. The standard InChI is InChI=1S/C27H23ClFN5O3/c28-23-9-8-20(29)25(31-23)17-4-3-5-18-24(17)30-16-19(26(18)33-10-13-36-14-11-33)27(35)32-34-12-15-37-22-7-2-1-6-21(22)34/h1-9,16H,10-15H2,(H,32,35). The summed E-state index contributed by atoms with van der Waals surface area (Å²) >= 11 is 6.08. The molecular weight excluding hydrogens is 497 g/mol. The summed E-state index contributed by atoms with van der Waals surface area (Å²) in [5.74, 6) is -0.0933. The molecule has 0 saturated carbocycles. The Kier molecular flexibility index (Phi) is 6.23. The summed E-state index contributed by atoms with van der Waals surface area (Å²) in [6.45, 7) is 3.23. The first-order valence-corrected chi connectivity index (χ1v) is 12.3. The lowest BCUT2D eigenvalue weighted by Gasteiger charge is -2.33. The summed E-state index contributed by atoms with van der Waals surface area (Å²) in [5, 5.41) is 2.69. The molecule has 1 amide bonds. The first-order chi connectivity index (χ1) is 18.1. The summed E-state index contributed by atoms with van der Waals surface area (Å²) in [4.78, 5) is 24.7. The van der Waals surface area contributed by atoms with Crippen molar-refractivity contribution in [3.8, 4) is 17.0 Å². The maximum atomic E-state index is 14.8. The minimum Gasteiger partial charge on any atom is -0.489 e. The first kappa shape index (κ1) is 23.4. The van der Waals surface area contributed by atoms with Gasteiger partial charge in [0.2, 0.25) is 0 Å². The Morgan fingerprint density at radius 1 is 1.00 bits per heavy atom. The van der Waals surface area contributed by atoms with E-state index in [1.54, 1.807) is 17.3 Å². The molecule has 188 valence electrons. The van der Waals surface area contributed by atoms with E-state index in [4.69, 9.17) is 21.1 Å². The number of benzene rings is 2. The molecule has 2 aromatic carbocycles. The lowest BCUT2D eigenvalue weighted by molar-refractivity contribution is 0.0943. The van der Waals surface area contributed by atoms with E-state index >= 15 is 0 Å². The SMILES string of the molecule is O=C(NN1CCOc2ccccc21)c1cnc2c(-c3nc(Cl)ccc3F)cccc2c1N1CCOCC1. The number of hydrazine groups is 1. The topological polar surface area (TPSA) is 79.8 Å². The molecule has 0 spiro atoms. The number of hydrogen-bond donors (Lipinski definition) is 1. The number of hydrogen-bond acceptors (Lipinski definition) is 7. The van der Waals surface area contributed by atoms with Crippen LogP contribution in [0.15, 0.2) is 60.8 Å². The Balaban J connectivity index is 1.46. The van der Waals surface area contributed by atoms with Gasteiger partial charge in [0, 0.05) is 30.2 Å². The van der Waals surface area contributed by atoms with Crippen molar-refractivity contribution in [1.82, 2.24) is 15.4 Å². The Morgan fingerprint density at radius 2 is 1.84 bits per heavy atom. The normalized spacial score (nSPS) is 15.3. The van der Waals surface area contributed by atoms with Crippen molar-refractivity contribution in [2.75, 3.05) is 49.4 Å². The molecule has 37 heavy (non-hydrogen) atoms. The number of rotatable bonds is 4. The molecule has 0 aliphatic carbocycles. The minimum absolute atomic E-state index is 0.112. The molecule has 0 atom stereocenters. The van der Waals surface area contributed by atoms with Crippen LogP contribution in [0.3, 0.4) is 0 Å². The van der Waals surface area contributed by atoms with Gasteiger partial charge in [-0.1, -0.05) is 41.9 Å². The number of anilines is 2. The predicted octanol–water partition coefficient (Wildman–Crippen LogP) is 4.47. The smallest absolute Gasteiger partial charge is 0.273 e. The van der Waals surface area contributed by atoms with Crippen LogP contribution in [0, 0.1) is 5.82 Å². The quantitative estimate of drug-likeness (QED) is 0.398. The van der Waals surface area contributed by atoms with Crippen LogP contribution in [0.25, 0.3) is 22.2 Å². The zero-order chi connectivity index (χ0) is 25.4. The van der Waals surface area contributed by atoms with E-state index in [0.29, 0.717) is 61.8 Å². The molecule has 4 heterocycles. The van der Waals surface area contributed by atoms with E-state index in [0.717, 1.165) is 16.8 Å². The van der Waals surface area contributed by atoms with Gasteiger partial charge in [0.1, 0.15) is 29.0 Å². The van der Waals surface area contributed by atoms with Gasteiger partial charge in [0.05, 0.1) is 42.2 Å². The molecule has 8 nitrogen and oxygen atoms in total. The van der Waals surface area contributed by atoms with Gasteiger partial charge >= 0.3 is 0 Å². The lowest BCUT2D eigenvalue weighted by atomic mass is 10.0. The number of aromatic nitrogens is 2. The molecule has 6 rings (SSSR count). The summed E-state index contributed by atoms with van der Waals surface area (Å²) in [7, 11) is 0. The zero-order valence-corrected chi connectivity index (χ0v) is 20.5. The third kappa shape index (κ3) is 4.41. The molecule has 2 aromatic heterocycles. The minimum atomic E-state index is -0.501. The first-order valence-electron chi connectivity index (χ1n) is 12.0. The monoisotopic (exact) mass is 519 g/mol. The molecule has 4 aromatic rings. The number of pyridine rings is 2. The Bertz CT molecular complexity index is 1490. The highest BCUT2D eigenvalue weighted by Gasteiger charge is 2.26. The van der Waals surface area contributed by atoms with Gasteiger partial charge in [-0.3, -0.25) is 20.2 Å². The second-order valence-electron chi connectivity index (χ2n) is 8.69. The largest absolute Gasteiger partial charge is 0.489 e. The highest BCUT2D eigenvalue weighted by molar-refractivity contribution is 6.29. The van der Waals surface area contributed by atoms with Crippen LogP contribution in [0.2, 0.25) is 5.15 Å². The average molecular weight is 520 g/mol. The van der Waals surface area contributed by atoms with Gasteiger partial charge in [-0.15, -0.1) is 0 Å². The number of para-hydroxylation sites is 3. The van der Waals surface area contributed by atoms with Crippen LogP contribution in [0.1, 0.15) is 10.4 Å². The van der Waals surface area contributed by atoms with Crippen molar-refractivity contribution in [3.05, 3.63) is 77.3 Å². The van der Waals surface area contributed by atoms with E-state index in [-0.39, 0.29) is 16.8 Å². The van der Waals surface area contributed by atoms with Crippen molar-refractivity contribution < 1.29 is 18.7 Å². The van der Waals surface area contributed by atoms with E-state index in [9.17, 15) is 9.18 Å². The van der Waals surface area contributed by atoms with Crippen LogP contribution < -0.4 is 20.1 Å². The fourth-order valence-corrected chi connectivity index (χ4v) is 4.92. The van der Waals surface area contributed by atoms with E-state index in [2.05, 4.69) is 20.3 Å². The predicted molar refractivity (Wildman–Crippen MR) is 140 cm³/mol. The van der Waals surface area contributed by atoms with Crippen molar-refractivity contribution in [2.45, 2.75) is 0 Å². The van der Waals surface area contributed by atoms with Crippen molar-refractivity contribution in [1.29, 1.82) is 0 Å². The van der Waals surface area contributed by atoms with E-state index < -0.39 is 5.82 Å². The van der Waals surface area contributed by atoms with Crippen molar-refractivity contribution in [2.24, 2.45) is 0 Å². The van der Waals surface area contributed by atoms with Crippen LogP contribution in [0.5, 0.6) is 5.75 Å². The number of amides is 1. The van der Waals surface area contributed by atoms with E-state index in [1.807, 2.05) is 36.4 Å². The maximum Gasteiger partial charge on any atom is 0.273 e. The molecule has 2 aliphatic rings. The van der Waals surface area contributed by atoms with Gasteiger partial charge in [-0.25, -0.2) is 9.37 Å². The van der Waals surface area contributed by atoms with Gasteiger partial charge in [-0.05, 0) is 24.3 Å². The van der Waals surface area contributed by atoms with Crippen LogP contribution >= 0.6 is 11.6 Å². The van der Waals surface area contributed by atoms with Gasteiger partial charge < -0.3 is 14.4 Å². The number of nitrogens with one attached hydrogen (secondary N) is 1. The molecule has 0 radical (unpaired) electrons. The molecule has 1 N–H and O–H groups in total. The van der Waals surface area contributed by atoms with Crippen LogP contribution in [0.4, 0.5) is 15.8 Å². The third-order valence-corrected chi connectivity index (χ3v) is 6.68. The average Bonchev–Trinajstić information content (AvgIpc) is 2.94. The fourth-order valence-electron chi connectivity index (χ4n) is 4.77. The third-order valence-electron chi connectivity index (χ3n) is 6.47. The number of carbonyl (C=O) groups excluding carboxylic acids is 1. The zero-order valence-electron chi connectivity index (χ0n) is 19.8. The Labute approximate surface area is 217 Å². The summed E-state index contributed by atoms with van der Waals surface area (Å²) in [6, 6.07) is 15.7. The highest BCUT2D eigenvalue weighted by Crippen LogP contribution is 2.36. The van der Waals surface area contributed by atoms with Gasteiger partial charge in [0.15, 0.2) is 0 Å². The number of ether oxygens (including phenoxy) is 2. The second-order valence-corrected chi connectivity index (χ2v) is 9.08. The Morgan fingerprint density at radius 3 is 2.70 bits per heavy atom. The maximum absolute atomic E-state index is 14.8. The molecule has 1 saturated heterocycles. The summed E-state index contributed by atoms with van der Waals surface area (Å²) in [5.41, 5.74) is 6.09. The molecule has 1 fully saturated rings. The van der Waals surface area contributed by atoms with E-state index in [1.165, 1.54) is 12.1 Å². The van der Waals surface area contributed by atoms with Crippen LogP contribution in [-0.2, 0) is 4.74 Å². The number of carbonyl (C=O) groups is 1. The number of fused-ring (bicyclic) bond motifs is 2. The number of nitrogens with zero attached hydrogens (tertiary/aromatic N) is 4.